The van der Waals surface area contributed by atoms with Crippen LogP contribution >= 0.6 is 0 Å². The standard InChI is InChI=1S/C20H17N3O2/c1-13-20(25)23-12-18(15-7-9-16(24)10-8-15)22-17(19(23)21-13)11-14-5-3-2-4-6-14/h2-10,12,24-25H,11H2,1H3. The molecule has 0 fully saturated rings. The Hall–Kier alpha value is -3.34. The number of fused-ring (bicyclic) bond motifs is 1. The maximum Gasteiger partial charge on any atom is 0.219 e. The summed E-state index contributed by atoms with van der Waals surface area (Å²) in [5.74, 6) is 0.322. The van der Waals surface area contributed by atoms with Gasteiger partial charge in [0.15, 0.2) is 5.65 Å². The van der Waals surface area contributed by atoms with Gasteiger partial charge in [-0.2, -0.15) is 0 Å². The average Bonchev–Trinajstić information content (AvgIpc) is 2.92. The molecule has 0 saturated carbocycles. The van der Waals surface area contributed by atoms with Crippen LogP contribution in [0.1, 0.15) is 17.0 Å². The Morgan fingerprint density at radius 2 is 1.64 bits per heavy atom. The number of aromatic hydroxyl groups is 2. The van der Waals surface area contributed by atoms with Gasteiger partial charge in [-0.15, -0.1) is 0 Å². The molecule has 5 heteroatoms. The van der Waals surface area contributed by atoms with E-state index in [9.17, 15) is 10.2 Å². The van der Waals surface area contributed by atoms with Crippen LogP contribution in [0.5, 0.6) is 11.6 Å². The molecular formula is C20H17N3O2. The van der Waals surface area contributed by atoms with Gasteiger partial charge in [0.1, 0.15) is 11.4 Å². The van der Waals surface area contributed by atoms with Crippen molar-refractivity contribution in [2.24, 2.45) is 0 Å². The van der Waals surface area contributed by atoms with Gasteiger partial charge in [-0.05, 0) is 36.8 Å². The lowest BCUT2D eigenvalue weighted by Gasteiger charge is -2.08. The van der Waals surface area contributed by atoms with Gasteiger partial charge in [-0.3, -0.25) is 4.40 Å². The van der Waals surface area contributed by atoms with Crippen LogP contribution in [-0.4, -0.2) is 24.6 Å². The molecule has 4 rings (SSSR count). The number of phenolic OH excluding ortho intramolecular Hbond substituents is 1. The monoisotopic (exact) mass is 331 g/mol. The lowest BCUT2D eigenvalue weighted by molar-refractivity contribution is 0.444. The van der Waals surface area contributed by atoms with Crippen LogP contribution in [0.2, 0.25) is 0 Å². The molecule has 5 nitrogen and oxygen atoms in total. The van der Waals surface area contributed by atoms with Crippen molar-refractivity contribution in [2.45, 2.75) is 13.3 Å². The zero-order valence-corrected chi connectivity index (χ0v) is 13.7. The van der Waals surface area contributed by atoms with Crippen molar-refractivity contribution in [3.8, 4) is 22.9 Å². The first-order valence-corrected chi connectivity index (χ1v) is 8.02. The summed E-state index contributed by atoms with van der Waals surface area (Å²) in [6.45, 7) is 1.77. The minimum atomic E-state index is 0.117. The summed E-state index contributed by atoms with van der Waals surface area (Å²) in [6, 6.07) is 16.9. The van der Waals surface area contributed by atoms with Gasteiger partial charge >= 0.3 is 0 Å². The van der Waals surface area contributed by atoms with Gasteiger partial charge in [0.25, 0.3) is 0 Å². The highest BCUT2D eigenvalue weighted by Crippen LogP contribution is 2.27. The first-order valence-electron chi connectivity index (χ1n) is 8.02. The molecule has 25 heavy (non-hydrogen) atoms. The molecule has 0 unspecified atom stereocenters. The fourth-order valence-corrected chi connectivity index (χ4v) is 2.89. The van der Waals surface area contributed by atoms with Crippen molar-refractivity contribution in [3.63, 3.8) is 0 Å². The Morgan fingerprint density at radius 1 is 0.920 bits per heavy atom. The molecule has 2 aromatic carbocycles. The van der Waals surface area contributed by atoms with E-state index in [1.807, 2.05) is 30.3 Å². The van der Waals surface area contributed by atoms with Crippen LogP contribution in [0.3, 0.4) is 0 Å². The number of imidazole rings is 1. The zero-order chi connectivity index (χ0) is 17.4. The van der Waals surface area contributed by atoms with E-state index in [0.717, 1.165) is 16.8 Å². The second-order valence-electron chi connectivity index (χ2n) is 6.00. The Kier molecular flexibility index (Phi) is 3.61. The summed E-state index contributed by atoms with van der Waals surface area (Å²) in [4.78, 5) is 9.24. The van der Waals surface area contributed by atoms with Crippen molar-refractivity contribution in [1.29, 1.82) is 0 Å². The Morgan fingerprint density at radius 3 is 2.36 bits per heavy atom. The predicted molar refractivity (Wildman–Crippen MR) is 95.7 cm³/mol. The highest BCUT2D eigenvalue weighted by atomic mass is 16.3. The third kappa shape index (κ3) is 2.80. The van der Waals surface area contributed by atoms with Gasteiger partial charge in [-0.25, -0.2) is 9.97 Å². The fraction of sp³-hybridized carbons (Fsp3) is 0.100. The number of phenols is 1. The quantitative estimate of drug-likeness (QED) is 0.600. The van der Waals surface area contributed by atoms with E-state index in [-0.39, 0.29) is 11.6 Å². The van der Waals surface area contributed by atoms with E-state index in [0.29, 0.717) is 23.5 Å². The van der Waals surface area contributed by atoms with Crippen molar-refractivity contribution in [1.82, 2.24) is 14.4 Å². The highest BCUT2D eigenvalue weighted by Gasteiger charge is 2.15. The average molecular weight is 331 g/mol. The van der Waals surface area contributed by atoms with Gasteiger partial charge < -0.3 is 10.2 Å². The van der Waals surface area contributed by atoms with E-state index >= 15 is 0 Å². The number of aromatic nitrogens is 3. The van der Waals surface area contributed by atoms with E-state index in [1.54, 1.807) is 41.8 Å². The number of hydrogen-bond donors (Lipinski definition) is 2. The number of hydrogen-bond acceptors (Lipinski definition) is 4. The second-order valence-corrected chi connectivity index (χ2v) is 6.00. The molecule has 0 radical (unpaired) electrons. The molecule has 0 saturated heterocycles. The largest absolute Gasteiger partial charge is 0.508 e. The lowest BCUT2D eigenvalue weighted by atomic mass is 10.1. The van der Waals surface area contributed by atoms with Crippen molar-refractivity contribution < 1.29 is 10.2 Å². The zero-order valence-electron chi connectivity index (χ0n) is 13.7. The molecule has 2 aromatic heterocycles. The summed E-state index contributed by atoms with van der Waals surface area (Å²) in [5, 5.41) is 19.8. The Labute approximate surface area is 144 Å². The van der Waals surface area contributed by atoms with Crippen LogP contribution < -0.4 is 0 Å². The summed E-state index contributed by atoms with van der Waals surface area (Å²) >= 11 is 0. The van der Waals surface area contributed by atoms with Crippen molar-refractivity contribution in [3.05, 3.63) is 77.7 Å². The number of aryl methyl sites for hydroxylation is 1. The maximum absolute atomic E-state index is 10.3. The molecule has 0 spiro atoms. The summed E-state index contributed by atoms with van der Waals surface area (Å²) in [7, 11) is 0. The Bertz CT molecular complexity index is 1040. The van der Waals surface area contributed by atoms with Crippen molar-refractivity contribution >= 4 is 5.65 Å². The maximum atomic E-state index is 10.3. The molecule has 2 N–H and O–H groups in total. The number of benzene rings is 2. The molecule has 0 aliphatic heterocycles. The Balaban J connectivity index is 1.90. The third-order valence-electron chi connectivity index (χ3n) is 4.20. The van der Waals surface area contributed by atoms with E-state index in [1.165, 1.54) is 0 Å². The highest BCUT2D eigenvalue weighted by molar-refractivity contribution is 5.63. The third-order valence-corrected chi connectivity index (χ3v) is 4.20. The van der Waals surface area contributed by atoms with Gasteiger partial charge in [0.05, 0.1) is 11.4 Å². The smallest absolute Gasteiger partial charge is 0.219 e. The van der Waals surface area contributed by atoms with E-state index in [4.69, 9.17) is 4.98 Å². The molecule has 124 valence electrons. The number of nitrogens with zero attached hydrogens (tertiary/aromatic N) is 3. The number of rotatable bonds is 3. The SMILES string of the molecule is Cc1nc2c(Cc3ccccc3)nc(-c3ccc(O)cc3)cn2c1O. The molecule has 0 bridgehead atoms. The van der Waals surface area contributed by atoms with E-state index < -0.39 is 0 Å². The summed E-state index contributed by atoms with van der Waals surface area (Å²) < 4.78 is 1.67. The minimum Gasteiger partial charge on any atom is -0.508 e. The molecule has 0 amide bonds. The molecular weight excluding hydrogens is 314 g/mol. The fourth-order valence-electron chi connectivity index (χ4n) is 2.89. The predicted octanol–water partition coefficient (Wildman–Crippen LogP) is 3.71. The topological polar surface area (TPSA) is 70.7 Å². The van der Waals surface area contributed by atoms with Crippen LogP contribution in [0, 0.1) is 6.92 Å². The lowest BCUT2D eigenvalue weighted by Crippen LogP contribution is -2.00. The van der Waals surface area contributed by atoms with Crippen LogP contribution in [0.15, 0.2) is 60.8 Å². The van der Waals surface area contributed by atoms with Crippen molar-refractivity contribution in [2.75, 3.05) is 0 Å². The first-order chi connectivity index (χ1) is 12.1. The van der Waals surface area contributed by atoms with Crippen LogP contribution in [0.25, 0.3) is 16.9 Å². The molecule has 4 aromatic rings. The normalized spacial score (nSPS) is 11.1. The molecule has 2 heterocycles. The van der Waals surface area contributed by atoms with Gasteiger partial charge in [0, 0.05) is 18.2 Å². The van der Waals surface area contributed by atoms with Crippen LogP contribution in [0.4, 0.5) is 0 Å². The molecule has 0 atom stereocenters. The van der Waals surface area contributed by atoms with Crippen LogP contribution in [-0.2, 0) is 6.42 Å². The minimum absolute atomic E-state index is 0.117. The molecule has 0 aliphatic carbocycles. The first kappa shape index (κ1) is 15.2. The summed E-state index contributed by atoms with van der Waals surface area (Å²) in [6.07, 6.45) is 2.39. The van der Waals surface area contributed by atoms with E-state index in [2.05, 4.69) is 4.98 Å². The second kappa shape index (κ2) is 5.94. The van der Waals surface area contributed by atoms with Gasteiger partial charge in [0.2, 0.25) is 5.88 Å². The molecule has 0 aliphatic rings. The van der Waals surface area contributed by atoms with Gasteiger partial charge in [-0.1, -0.05) is 30.3 Å². The summed E-state index contributed by atoms with van der Waals surface area (Å²) in [5.41, 5.74) is 4.71.